The van der Waals surface area contributed by atoms with E-state index in [4.69, 9.17) is 25.2 Å². The number of carboxylic acid groups (broad SMARTS) is 4. The van der Waals surface area contributed by atoms with Gasteiger partial charge in [0.2, 0.25) is 0 Å². The van der Waals surface area contributed by atoms with Gasteiger partial charge in [0.05, 0.1) is 39.8 Å². The monoisotopic (exact) mass is 519 g/mol. The van der Waals surface area contributed by atoms with Crippen LogP contribution in [0.3, 0.4) is 0 Å². The van der Waals surface area contributed by atoms with E-state index in [1.165, 1.54) is 12.0 Å². The molecule has 1 atom stereocenters. The Bertz CT molecular complexity index is 688. The predicted octanol–water partition coefficient (Wildman–Crippen LogP) is -0.831. The van der Waals surface area contributed by atoms with E-state index in [0.29, 0.717) is 6.42 Å². The second kappa shape index (κ2) is 18.2. The third kappa shape index (κ3) is 15.7. The quantitative estimate of drug-likeness (QED) is 0.0783. The SMILES string of the molecule is CCCCCC(C(=O)CN(CCN(CC(=O)O)CC(=O)O)CCN(CC(=O)O)CC(=O)O)C(=O)OC. The van der Waals surface area contributed by atoms with E-state index in [9.17, 15) is 28.8 Å². The topological polar surface area (TPSA) is 202 Å². The first-order valence-electron chi connectivity index (χ1n) is 11.5. The number of nitrogens with zero attached hydrogens (tertiary/aromatic N) is 3. The van der Waals surface area contributed by atoms with Crippen molar-refractivity contribution >= 4 is 35.6 Å². The Labute approximate surface area is 209 Å². The second-order valence-corrected chi connectivity index (χ2v) is 8.31. The molecule has 4 N–H and O–H groups in total. The number of unbranched alkanes of at least 4 members (excludes halogenated alkanes) is 2. The molecule has 206 valence electrons. The number of aliphatic carboxylic acids is 4. The first-order valence-corrected chi connectivity index (χ1v) is 11.5. The molecule has 0 heterocycles. The molecule has 1 unspecified atom stereocenters. The molecule has 0 aliphatic carbocycles. The Hall–Kier alpha value is -3.10. The van der Waals surface area contributed by atoms with Crippen LogP contribution in [0.15, 0.2) is 0 Å². The molecule has 0 aliphatic rings. The number of ether oxygens (including phenoxy) is 1. The zero-order valence-electron chi connectivity index (χ0n) is 20.8. The number of ketones is 1. The molecule has 0 bridgehead atoms. The van der Waals surface area contributed by atoms with Gasteiger partial charge in [0, 0.05) is 26.2 Å². The maximum absolute atomic E-state index is 13.0. The summed E-state index contributed by atoms with van der Waals surface area (Å²) in [7, 11) is 1.17. The zero-order chi connectivity index (χ0) is 27.7. The summed E-state index contributed by atoms with van der Waals surface area (Å²) in [4.78, 5) is 73.4. The molecule has 0 radical (unpaired) electrons. The van der Waals surface area contributed by atoms with Crippen LogP contribution >= 0.6 is 0 Å². The lowest BCUT2D eigenvalue weighted by molar-refractivity contribution is -0.151. The summed E-state index contributed by atoms with van der Waals surface area (Å²) in [5.41, 5.74) is 0. The van der Waals surface area contributed by atoms with Crippen LogP contribution in [0.5, 0.6) is 0 Å². The highest BCUT2D eigenvalue weighted by Crippen LogP contribution is 2.14. The number of hydrogen-bond acceptors (Lipinski definition) is 10. The van der Waals surface area contributed by atoms with Gasteiger partial charge in [-0.1, -0.05) is 26.2 Å². The van der Waals surface area contributed by atoms with Crippen molar-refractivity contribution in [1.29, 1.82) is 0 Å². The van der Waals surface area contributed by atoms with Crippen LogP contribution in [0.2, 0.25) is 0 Å². The highest BCUT2D eigenvalue weighted by atomic mass is 16.5. The van der Waals surface area contributed by atoms with Gasteiger partial charge in [-0.3, -0.25) is 43.5 Å². The van der Waals surface area contributed by atoms with Gasteiger partial charge < -0.3 is 25.2 Å². The minimum atomic E-state index is -1.24. The molecular formula is C22H37N3O11. The Balaban J connectivity index is 5.59. The number of hydrogen-bond donors (Lipinski definition) is 4. The Morgan fingerprint density at radius 2 is 1.03 bits per heavy atom. The van der Waals surface area contributed by atoms with Gasteiger partial charge in [0.25, 0.3) is 0 Å². The van der Waals surface area contributed by atoms with Gasteiger partial charge in [-0.15, -0.1) is 0 Å². The molecule has 14 heteroatoms. The molecule has 0 aliphatic heterocycles. The normalized spacial score (nSPS) is 12.0. The van der Waals surface area contributed by atoms with E-state index < -0.39 is 67.7 Å². The fourth-order valence-electron chi connectivity index (χ4n) is 3.51. The van der Waals surface area contributed by atoms with Crippen molar-refractivity contribution < 1.29 is 53.9 Å². The summed E-state index contributed by atoms with van der Waals surface area (Å²) >= 11 is 0. The molecule has 0 aromatic carbocycles. The number of carbonyl (C=O) groups is 6. The minimum Gasteiger partial charge on any atom is -0.480 e. The standard InChI is InChI=1S/C22H37N3O11/c1-3-4-5-6-16(22(35)36-2)17(26)11-23(7-9-24(12-18(27)28)13-19(29)30)8-10-25(14-20(31)32)15-21(33)34/h16H,3-15H2,1-2H3,(H,27,28)(H,29,30)(H,31,32)(H,33,34). The van der Waals surface area contributed by atoms with Gasteiger partial charge in [-0.2, -0.15) is 0 Å². The summed E-state index contributed by atoms with van der Waals surface area (Å²) < 4.78 is 4.76. The van der Waals surface area contributed by atoms with Crippen molar-refractivity contribution in [3.63, 3.8) is 0 Å². The van der Waals surface area contributed by atoms with Crippen molar-refractivity contribution in [2.45, 2.75) is 32.6 Å². The molecule has 0 saturated carbocycles. The van der Waals surface area contributed by atoms with Crippen LogP contribution < -0.4 is 0 Å². The number of rotatable bonds is 22. The first-order chi connectivity index (χ1) is 16.9. The molecule has 0 amide bonds. The fraction of sp³-hybridized carbons (Fsp3) is 0.727. The molecule has 0 aromatic heterocycles. The molecule has 0 aromatic rings. The fourth-order valence-corrected chi connectivity index (χ4v) is 3.51. The van der Waals surface area contributed by atoms with Crippen LogP contribution in [0, 0.1) is 5.92 Å². The van der Waals surface area contributed by atoms with E-state index in [2.05, 4.69) is 0 Å². The van der Waals surface area contributed by atoms with Crippen molar-refractivity contribution in [3.8, 4) is 0 Å². The van der Waals surface area contributed by atoms with E-state index >= 15 is 0 Å². The largest absolute Gasteiger partial charge is 0.480 e. The number of Topliss-reactive ketones (excluding diaryl/α,β-unsaturated/α-hetero) is 1. The van der Waals surface area contributed by atoms with E-state index in [-0.39, 0.29) is 39.1 Å². The molecule has 0 saturated heterocycles. The summed E-state index contributed by atoms with van der Waals surface area (Å²) in [5, 5.41) is 36.2. The molecular weight excluding hydrogens is 482 g/mol. The van der Waals surface area contributed by atoms with Crippen molar-refractivity contribution in [2.75, 3.05) is 66.0 Å². The third-order valence-electron chi connectivity index (χ3n) is 5.25. The maximum Gasteiger partial charge on any atom is 0.317 e. The lowest BCUT2D eigenvalue weighted by Crippen LogP contribution is -2.46. The smallest absolute Gasteiger partial charge is 0.317 e. The van der Waals surface area contributed by atoms with Crippen molar-refractivity contribution in [2.24, 2.45) is 5.92 Å². The lowest BCUT2D eigenvalue weighted by Gasteiger charge is -2.28. The molecule has 0 fully saturated rings. The number of methoxy groups -OCH3 is 1. The summed E-state index contributed by atoms with van der Waals surface area (Å²) in [6.45, 7) is -0.595. The Kier molecular flexibility index (Phi) is 16.6. The minimum absolute atomic E-state index is 0.0170. The molecule has 14 nitrogen and oxygen atoms in total. The third-order valence-corrected chi connectivity index (χ3v) is 5.25. The predicted molar refractivity (Wildman–Crippen MR) is 125 cm³/mol. The van der Waals surface area contributed by atoms with Gasteiger partial charge in [0.15, 0.2) is 5.78 Å². The van der Waals surface area contributed by atoms with E-state index in [1.807, 2.05) is 6.92 Å². The lowest BCUT2D eigenvalue weighted by atomic mass is 9.96. The summed E-state index contributed by atoms with van der Waals surface area (Å²) in [6.07, 6.45) is 2.59. The van der Waals surface area contributed by atoms with Gasteiger partial charge >= 0.3 is 29.8 Å². The highest BCUT2D eigenvalue weighted by molar-refractivity contribution is 5.99. The first kappa shape index (κ1) is 32.9. The van der Waals surface area contributed by atoms with Crippen molar-refractivity contribution in [3.05, 3.63) is 0 Å². The van der Waals surface area contributed by atoms with Crippen LogP contribution in [0.1, 0.15) is 32.6 Å². The van der Waals surface area contributed by atoms with E-state index in [0.717, 1.165) is 22.6 Å². The van der Waals surface area contributed by atoms with Crippen LogP contribution in [0.4, 0.5) is 0 Å². The van der Waals surface area contributed by atoms with Crippen LogP contribution in [-0.2, 0) is 33.5 Å². The number of carboxylic acids is 4. The number of carbonyl (C=O) groups excluding carboxylic acids is 2. The Morgan fingerprint density at radius 3 is 1.36 bits per heavy atom. The maximum atomic E-state index is 13.0. The average Bonchev–Trinajstić information content (AvgIpc) is 2.76. The summed E-state index contributed by atoms with van der Waals surface area (Å²) in [6, 6.07) is 0. The molecule has 0 rings (SSSR count). The van der Waals surface area contributed by atoms with Crippen LogP contribution in [-0.4, -0.2) is 137 Å². The van der Waals surface area contributed by atoms with E-state index in [1.54, 1.807) is 0 Å². The van der Waals surface area contributed by atoms with Gasteiger partial charge in [0.1, 0.15) is 5.92 Å². The van der Waals surface area contributed by atoms with Crippen molar-refractivity contribution in [1.82, 2.24) is 14.7 Å². The Morgan fingerprint density at radius 1 is 0.639 bits per heavy atom. The van der Waals surface area contributed by atoms with Gasteiger partial charge in [-0.05, 0) is 6.42 Å². The second-order valence-electron chi connectivity index (χ2n) is 8.31. The highest BCUT2D eigenvalue weighted by Gasteiger charge is 2.29. The molecule has 0 spiro atoms. The average molecular weight is 520 g/mol. The van der Waals surface area contributed by atoms with Gasteiger partial charge in [-0.25, -0.2) is 0 Å². The number of esters is 1. The molecule has 36 heavy (non-hydrogen) atoms. The summed E-state index contributed by atoms with van der Waals surface area (Å²) in [5.74, 6) is -7.13. The van der Waals surface area contributed by atoms with Crippen LogP contribution in [0.25, 0.3) is 0 Å². The zero-order valence-corrected chi connectivity index (χ0v) is 20.8.